The number of methoxy groups -OCH3 is 2. The van der Waals surface area contributed by atoms with Crippen molar-refractivity contribution < 1.29 is 19.1 Å². The van der Waals surface area contributed by atoms with Crippen LogP contribution in [0.2, 0.25) is 0 Å². The zero-order chi connectivity index (χ0) is 20.3. The highest BCUT2D eigenvalue weighted by molar-refractivity contribution is 8.18. The first-order valence-electron chi connectivity index (χ1n) is 8.71. The SMILES string of the molecule is COc1ccc(/C=C2/SC(=O)N(CNc3ccc(C)cc3C)C2=O)cc1OC. The van der Waals surface area contributed by atoms with Crippen LogP contribution < -0.4 is 14.8 Å². The first kappa shape index (κ1) is 19.8. The molecular formula is C21H22N2O4S. The Bertz CT molecular complexity index is 955. The molecule has 1 fully saturated rings. The molecule has 1 aliphatic heterocycles. The van der Waals surface area contributed by atoms with Gasteiger partial charge in [-0.2, -0.15) is 0 Å². The predicted molar refractivity (Wildman–Crippen MR) is 112 cm³/mol. The lowest BCUT2D eigenvalue weighted by Crippen LogP contribution is -2.33. The number of anilines is 1. The highest BCUT2D eigenvalue weighted by atomic mass is 32.2. The van der Waals surface area contributed by atoms with Gasteiger partial charge in [0.25, 0.3) is 11.1 Å². The Labute approximate surface area is 168 Å². The number of aryl methyl sites for hydroxylation is 2. The van der Waals surface area contributed by atoms with Crippen molar-refractivity contribution in [3.63, 3.8) is 0 Å². The molecule has 1 aliphatic rings. The first-order chi connectivity index (χ1) is 13.4. The molecule has 28 heavy (non-hydrogen) atoms. The maximum Gasteiger partial charge on any atom is 0.295 e. The fourth-order valence-corrected chi connectivity index (χ4v) is 3.74. The molecule has 0 radical (unpaired) electrons. The van der Waals surface area contributed by atoms with E-state index in [1.807, 2.05) is 38.1 Å². The van der Waals surface area contributed by atoms with Crippen molar-refractivity contribution in [2.75, 3.05) is 26.2 Å². The third kappa shape index (κ3) is 4.14. The van der Waals surface area contributed by atoms with Crippen molar-refractivity contribution >= 4 is 34.7 Å². The molecule has 1 saturated heterocycles. The number of benzene rings is 2. The molecule has 0 aromatic heterocycles. The van der Waals surface area contributed by atoms with E-state index in [2.05, 4.69) is 5.32 Å². The first-order valence-corrected chi connectivity index (χ1v) is 9.53. The van der Waals surface area contributed by atoms with Gasteiger partial charge >= 0.3 is 0 Å². The van der Waals surface area contributed by atoms with Crippen LogP contribution in [-0.2, 0) is 4.79 Å². The number of hydrogen-bond acceptors (Lipinski definition) is 6. The van der Waals surface area contributed by atoms with Crippen LogP contribution in [-0.4, -0.2) is 36.9 Å². The lowest BCUT2D eigenvalue weighted by Gasteiger charge is -2.16. The van der Waals surface area contributed by atoms with Gasteiger partial charge in [0, 0.05) is 5.69 Å². The van der Waals surface area contributed by atoms with Gasteiger partial charge in [-0.3, -0.25) is 14.5 Å². The minimum absolute atomic E-state index is 0.123. The van der Waals surface area contributed by atoms with Gasteiger partial charge in [0.05, 0.1) is 25.8 Å². The zero-order valence-corrected chi connectivity index (χ0v) is 17.1. The summed E-state index contributed by atoms with van der Waals surface area (Å²) in [6, 6.07) is 11.3. The van der Waals surface area contributed by atoms with E-state index in [0.29, 0.717) is 16.4 Å². The molecule has 6 nitrogen and oxygen atoms in total. The molecule has 2 aromatic carbocycles. The van der Waals surface area contributed by atoms with Crippen molar-refractivity contribution in [3.05, 3.63) is 58.0 Å². The number of hydrogen-bond donors (Lipinski definition) is 1. The number of ether oxygens (including phenoxy) is 2. The maximum absolute atomic E-state index is 12.7. The van der Waals surface area contributed by atoms with E-state index in [4.69, 9.17) is 9.47 Å². The van der Waals surface area contributed by atoms with Gasteiger partial charge in [-0.05, 0) is 61.0 Å². The number of carbonyl (C=O) groups excluding carboxylic acids is 2. The summed E-state index contributed by atoms with van der Waals surface area (Å²) in [4.78, 5) is 26.6. The molecule has 1 N–H and O–H groups in total. The van der Waals surface area contributed by atoms with E-state index < -0.39 is 0 Å². The minimum atomic E-state index is -0.318. The van der Waals surface area contributed by atoms with E-state index >= 15 is 0 Å². The summed E-state index contributed by atoms with van der Waals surface area (Å²) in [5, 5.41) is 2.87. The number of thioether (sulfide) groups is 1. The Kier molecular flexibility index (Phi) is 5.94. The summed E-state index contributed by atoms with van der Waals surface area (Å²) in [5.41, 5.74) is 3.87. The molecule has 2 aromatic rings. The quantitative estimate of drug-likeness (QED) is 0.726. The Hall–Kier alpha value is -2.93. The number of rotatable bonds is 6. The molecule has 3 rings (SSSR count). The van der Waals surface area contributed by atoms with Gasteiger partial charge in [0.15, 0.2) is 11.5 Å². The van der Waals surface area contributed by atoms with Crippen LogP contribution in [0.1, 0.15) is 16.7 Å². The molecule has 2 amide bonds. The van der Waals surface area contributed by atoms with Crippen molar-refractivity contribution in [2.45, 2.75) is 13.8 Å². The lowest BCUT2D eigenvalue weighted by atomic mass is 10.1. The Morgan fingerprint density at radius 2 is 1.79 bits per heavy atom. The van der Waals surface area contributed by atoms with E-state index in [0.717, 1.165) is 34.1 Å². The van der Waals surface area contributed by atoms with Gasteiger partial charge in [-0.1, -0.05) is 23.8 Å². The largest absolute Gasteiger partial charge is 0.493 e. The molecular weight excluding hydrogens is 376 g/mol. The predicted octanol–water partition coefficient (Wildman–Crippen LogP) is 4.43. The average molecular weight is 398 g/mol. The van der Waals surface area contributed by atoms with Crippen LogP contribution in [0.3, 0.4) is 0 Å². The second-order valence-electron chi connectivity index (χ2n) is 6.38. The fraction of sp³-hybridized carbons (Fsp3) is 0.238. The summed E-state index contributed by atoms with van der Waals surface area (Å²) in [5.74, 6) is 0.847. The normalized spacial score (nSPS) is 15.3. The summed E-state index contributed by atoms with van der Waals surface area (Å²) in [7, 11) is 3.11. The highest BCUT2D eigenvalue weighted by Crippen LogP contribution is 2.34. The monoisotopic (exact) mass is 398 g/mol. The van der Waals surface area contributed by atoms with Crippen molar-refractivity contribution in [3.8, 4) is 11.5 Å². The molecule has 0 spiro atoms. The number of nitrogens with zero attached hydrogens (tertiary/aromatic N) is 1. The second kappa shape index (κ2) is 8.39. The van der Waals surface area contributed by atoms with Gasteiger partial charge in [-0.25, -0.2) is 0 Å². The zero-order valence-electron chi connectivity index (χ0n) is 16.2. The van der Waals surface area contributed by atoms with E-state index in [9.17, 15) is 9.59 Å². The van der Waals surface area contributed by atoms with Crippen LogP contribution >= 0.6 is 11.8 Å². The average Bonchev–Trinajstić information content (AvgIpc) is 2.94. The van der Waals surface area contributed by atoms with Crippen LogP contribution in [0.4, 0.5) is 10.5 Å². The van der Waals surface area contributed by atoms with Crippen molar-refractivity contribution in [1.29, 1.82) is 0 Å². The number of imide groups is 1. The van der Waals surface area contributed by atoms with Gasteiger partial charge in [-0.15, -0.1) is 0 Å². The molecule has 1 heterocycles. The molecule has 0 atom stereocenters. The molecule has 0 aliphatic carbocycles. The summed E-state index contributed by atoms with van der Waals surface area (Å²) < 4.78 is 10.5. The molecule has 146 valence electrons. The van der Waals surface area contributed by atoms with Crippen LogP contribution in [0.5, 0.6) is 11.5 Å². The highest BCUT2D eigenvalue weighted by Gasteiger charge is 2.34. The lowest BCUT2D eigenvalue weighted by molar-refractivity contribution is -0.122. The van der Waals surface area contributed by atoms with Gasteiger partial charge in [0.2, 0.25) is 0 Å². The molecule has 0 bridgehead atoms. The van der Waals surface area contributed by atoms with E-state index in [1.54, 1.807) is 32.4 Å². The van der Waals surface area contributed by atoms with Crippen molar-refractivity contribution in [2.24, 2.45) is 0 Å². The fourth-order valence-electron chi connectivity index (χ4n) is 2.91. The topological polar surface area (TPSA) is 67.9 Å². The Balaban J connectivity index is 1.75. The third-order valence-electron chi connectivity index (χ3n) is 4.39. The van der Waals surface area contributed by atoms with Crippen LogP contribution in [0, 0.1) is 13.8 Å². The smallest absolute Gasteiger partial charge is 0.295 e. The summed E-state index contributed by atoms with van der Waals surface area (Å²) in [6.45, 7) is 4.13. The van der Waals surface area contributed by atoms with Gasteiger partial charge < -0.3 is 14.8 Å². The van der Waals surface area contributed by atoms with Crippen LogP contribution in [0.25, 0.3) is 6.08 Å². The van der Waals surface area contributed by atoms with Gasteiger partial charge in [0.1, 0.15) is 0 Å². The standard InChI is InChI=1S/C21H22N2O4S/c1-13-5-7-16(14(2)9-13)22-12-23-20(24)19(28-21(23)25)11-15-6-8-17(26-3)18(10-15)27-4/h5-11,22H,12H2,1-4H3/b19-11+. The second-order valence-corrected chi connectivity index (χ2v) is 7.37. The number of amides is 2. The number of carbonyl (C=O) groups is 2. The van der Waals surface area contributed by atoms with E-state index in [1.165, 1.54) is 4.90 Å². The Morgan fingerprint density at radius 1 is 1.04 bits per heavy atom. The van der Waals surface area contributed by atoms with Crippen LogP contribution in [0.15, 0.2) is 41.3 Å². The Morgan fingerprint density at radius 3 is 2.46 bits per heavy atom. The number of nitrogens with one attached hydrogen (secondary N) is 1. The molecule has 0 unspecified atom stereocenters. The van der Waals surface area contributed by atoms with Crippen molar-refractivity contribution in [1.82, 2.24) is 4.90 Å². The summed E-state index contributed by atoms with van der Waals surface area (Å²) >= 11 is 0.928. The summed E-state index contributed by atoms with van der Waals surface area (Å²) in [6.07, 6.45) is 1.68. The minimum Gasteiger partial charge on any atom is -0.493 e. The molecule has 7 heteroatoms. The van der Waals surface area contributed by atoms with E-state index in [-0.39, 0.29) is 17.8 Å². The maximum atomic E-state index is 12.7. The third-order valence-corrected chi connectivity index (χ3v) is 5.30. The molecule has 0 saturated carbocycles.